The van der Waals surface area contributed by atoms with Crippen LogP contribution in [0.3, 0.4) is 0 Å². The topological polar surface area (TPSA) is 71.0 Å². The first-order chi connectivity index (χ1) is 11.8. The number of aliphatic hydroxyl groups excluding tert-OH is 1. The third-order valence-corrected chi connectivity index (χ3v) is 4.30. The highest BCUT2D eigenvalue weighted by atomic mass is 16.7. The van der Waals surface area contributed by atoms with Crippen LogP contribution in [0, 0.1) is 0 Å². The largest absolute Gasteiger partial charge is 0.454 e. The maximum atomic E-state index is 10.3. The minimum Gasteiger partial charge on any atom is -0.454 e. The smallest absolute Gasteiger partial charge is 0.231 e. The molecule has 1 aromatic carbocycles. The molecule has 0 radical (unpaired) electrons. The third-order valence-electron chi connectivity index (χ3n) is 4.30. The molecular weight excluding hydrogens is 308 g/mol. The molecule has 2 aliphatic heterocycles. The summed E-state index contributed by atoms with van der Waals surface area (Å²) in [4.78, 5) is 12.8. The van der Waals surface area contributed by atoms with Gasteiger partial charge in [-0.2, -0.15) is 0 Å². The average Bonchev–Trinajstić information content (AvgIpc) is 2.98. The number of benzene rings is 1. The molecule has 24 heavy (non-hydrogen) atoms. The predicted octanol–water partition coefficient (Wildman–Crippen LogP) is 0.888. The predicted molar refractivity (Wildman–Crippen MR) is 88.1 cm³/mol. The highest BCUT2D eigenvalue weighted by Gasteiger charge is 2.23. The third kappa shape index (κ3) is 3.27. The van der Waals surface area contributed by atoms with E-state index in [9.17, 15) is 5.11 Å². The molecule has 126 valence electrons. The Morgan fingerprint density at radius 1 is 1.12 bits per heavy atom. The van der Waals surface area contributed by atoms with E-state index in [2.05, 4.69) is 19.8 Å². The molecule has 1 N–H and O–H groups in total. The summed E-state index contributed by atoms with van der Waals surface area (Å²) in [6.45, 7) is 3.90. The Kier molecular flexibility index (Phi) is 4.18. The first-order valence-corrected chi connectivity index (χ1v) is 8.08. The lowest BCUT2D eigenvalue weighted by atomic mass is 10.2. The van der Waals surface area contributed by atoms with E-state index < -0.39 is 6.10 Å². The van der Waals surface area contributed by atoms with Gasteiger partial charge in [-0.1, -0.05) is 6.07 Å². The molecule has 1 aromatic heterocycles. The van der Waals surface area contributed by atoms with Gasteiger partial charge >= 0.3 is 0 Å². The molecule has 1 atom stereocenters. The van der Waals surface area contributed by atoms with Gasteiger partial charge in [-0.15, -0.1) is 0 Å². The molecule has 0 saturated carbocycles. The molecule has 0 aliphatic carbocycles. The maximum absolute atomic E-state index is 10.3. The van der Waals surface area contributed by atoms with E-state index in [1.165, 1.54) is 0 Å². The van der Waals surface area contributed by atoms with Crippen LogP contribution in [0.25, 0.3) is 0 Å². The van der Waals surface area contributed by atoms with Crippen molar-refractivity contribution < 1.29 is 14.6 Å². The van der Waals surface area contributed by atoms with Crippen LogP contribution in [0.5, 0.6) is 11.5 Å². The lowest BCUT2D eigenvalue weighted by Crippen LogP contribution is -2.33. The first-order valence-electron chi connectivity index (χ1n) is 8.08. The average molecular weight is 328 g/mol. The summed E-state index contributed by atoms with van der Waals surface area (Å²) < 4.78 is 10.8. The number of rotatable bonds is 3. The van der Waals surface area contributed by atoms with Crippen LogP contribution in [0.1, 0.15) is 5.56 Å². The molecule has 2 aliphatic rings. The summed E-state index contributed by atoms with van der Waals surface area (Å²) in [5, 5.41) is 10.3. The van der Waals surface area contributed by atoms with E-state index >= 15 is 0 Å². The van der Waals surface area contributed by atoms with Gasteiger partial charge in [0.25, 0.3) is 0 Å². The number of hydrogen-bond donors (Lipinski definition) is 1. The van der Waals surface area contributed by atoms with Crippen molar-refractivity contribution in [2.24, 2.45) is 0 Å². The first kappa shape index (κ1) is 15.2. The van der Waals surface area contributed by atoms with Gasteiger partial charge in [-0.05, 0) is 17.7 Å². The summed E-state index contributed by atoms with van der Waals surface area (Å²) in [7, 11) is 0. The van der Waals surface area contributed by atoms with Gasteiger partial charge < -0.3 is 19.5 Å². The molecule has 4 rings (SSSR count). The van der Waals surface area contributed by atoms with Crippen LogP contribution in [0.2, 0.25) is 0 Å². The second kappa shape index (κ2) is 6.62. The minimum absolute atomic E-state index is 0.286. The Hall–Kier alpha value is -2.38. The Morgan fingerprint density at radius 2 is 2.04 bits per heavy atom. The Morgan fingerprint density at radius 3 is 2.92 bits per heavy atom. The zero-order chi connectivity index (χ0) is 16.4. The van der Waals surface area contributed by atoms with Gasteiger partial charge in [0.05, 0.1) is 12.3 Å². The van der Waals surface area contributed by atoms with Crippen molar-refractivity contribution in [3.63, 3.8) is 0 Å². The summed E-state index contributed by atoms with van der Waals surface area (Å²) in [5.74, 6) is 2.40. The van der Waals surface area contributed by atoms with E-state index in [1.807, 2.05) is 18.2 Å². The number of β-amino-alcohol motifs (C(OH)–C–C–N with tert-alkyl or cyclic N) is 1. The van der Waals surface area contributed by atoms with Gasteiger partial charge in [0.2, 0.25) is 6.79 Å². The fourth-order valence-corrected chi connectivity index (χ4v) is 3.16. The van der Waals surface area contributed by atoms with Crippen molar-refractivity contribution >= 4 is 5.82 Å². The van der Waals surface area contributed by atoms with Gasteiger partial charge in [0, 0.05) is 45.1 Å². The molecule has 7 heteroatoms. The quantitative estimate of drug-likeness (QED) is 0.897. The molecule has 0 bridgehead atoms. The number of aromatic nitrogens is 2. The molecule has 0 spiro atoms. The van der Waals surface area contributed by atoms with Crippen LogP contribution < -0.4 is 14.4 Å². The van der Waals surface area contributed by atoms with Crippen molar-refractivity contribution in [1.82, 2.24) is 14.9 Å². The van der Waals surface area contributed by atoms with Crippen molar-refractivity contribution in [2.75, 3.05) is 37.9 Å². The number of nitrogens with zero attached hydrogens (tertiary/aromatic N) is 4. The van der Waals surface area contributed by atoms with Crippen molar-refractivity contribution in [3.05, 3.63) is 42.4 Å². The van der Waals surface area contributed by atoms with E-state index in [1.54, 1.807) is 18.6 Å². The lowest BCUT2D eigenvalue weighted by molar-refractivity contribution is 0.129. The number of ether oxygens (including phenoxy) is 2. The van der Waals surface area contributed by atoms with E-state index in [4.69, 9.17) is 9.47 Å². The highest BCUT2D eigenvalue weighted by molar-refractivity contribution is 5.44. The number of fused-ring (bicyclic) bond motifs is 1. The zero-order valence-corrected chi connectivity index (χ0v) is 13.3. The summed E-state index contributed by atoms with van der Waals surface area (Å²) >= 11 is 0. The van der Waals surface area contributed by atoms with Crippen LogP contribution in [-0.2, 0) is 6.54 Å². The molecule has 7 nitrogen and oxygen atoms in total. The Labute approximate surface area is 140 Å². The van der Waals surface area contributed by atoms with Gasteiger partial charge in [0.1, 0.15) is 5.82 Å². The number of aliphatic hydroxyl groups is 1. The van der Waals surface area contributed by atoms with Crippen molar-refractivity contribution in [1.29, 1.82) is 0 Å². The molecule has 2 aromatic rings. The van der Waals surface area contributed by atoms with Crippen molar-refractivity contribution in [3.8, 4) is 11.5 Å². The fourth-order valence-electron chi connectivity index (χ4n) is 3.16. The molecule has 0 amide bonds. The second-order valence-electron chi connectivity index (χ2n) is 6.09. The van der Waals surface area contributed by atoms with Crippen LogP contribution >= 0.6 is 0 Å². The molecule has 1 saturated heterocycles. The fraction of sp³-hybridized carbons (Fsp3) is 0.412. The monoisotopic (exact) mass is 328 g/mol. The van der Waals surface area contributed by atoms with E-state index in [0.29, 0.717) is 13.1 Å². The van der Waals surface area contributed by atoms with Gasteiger partial charge in [-0.3, -0.25) is 9.88 Å². The molecular formula is C17H20N4O3. The number of anilines is 1. The van der Waals surface area contributed by atoms with Gasteiger partial charge in [-0.25, -0.2) is 4.98 Å². The molecule has 1 fully saturated rings. The normalized spacial score (nSPS) is 20.9. The molecule has 1 unspecified atom stereocenters. The van der Waals surface area contributed by atoms with E-state index in [0.717, 1.165) is 42.5 Å². The lowest BCUT2D eigenvalue weighted by Gasteiger charge is -2.22. The SMILES string of the molecule is OC1CN(Cc2ccc3c(c2)OCO3)CCN(c2cnccn2)C1. The number of hydrogen-bond acceptors (Lipinski definition) is 7. The van der Waals surface area contributed by atoms with Crippen LogP contribution in [0.4, 0.5) is 5.82 Å². The van der Waals surface area contributed by atoms with Crippen LogP contribution in [-0.4, -0.2) is 59.1 Å². The summed E-state index contributed by atoms with van der Waals surface area (Å²) in [6, 6.07) is 6.00. The second-order valence-corrected chi connectivity index (χ2v) is 6.09. The Bertz CT molecular complexity index is 697. The van der Waals surface area contributed by atoms with Crippen molar-refractivity contribution in [2.45, 2.75) is 12.6 Å². The minimum atomic E-state index is -0.427. The maximum Gasteiger partial charge on any atom is 0.231 e. The standard InChI is InChI=1S/C17H20N4O3/c22-14-10-20(5-6-21(11-14)17-8-18-3-4-19-17)9-13-1-2-15-16(7-13)24-12-23-15/h1-4,7-8,14,22H,5-6,9-12H2. The highest BCUT2D eigenvalue weighted by Crippen LogP contribution is 2.32. The van der Waals surface area contributed by atoms with Crippen LogP contribution in [0.15, 0.2) is 36.8 Å². The Balaban J connectivity index is 1.43. The zero-order valence-electron chi connectivity index (χ0n) is 13.3. The van der Waals surface area contributed by atoms with E-state index in [-0.39, 0.29) is 6.79 Å². The molecule has 3 heterocycles. The summed E-state index contributed by atoms with van der Waals surface area (Å²) in [5.41, 5.74) is 1.15. The van der Waals surface area contributed by atoms with Gasteiger partial charge in [0.15, 0.2) is 11.5 Å². The summed E-state index contributed by atoms with van der Waals surface area (Å²) in [6.07, 6.45) is 4.64.